The van der Waals surface area contributed by atoms with E-state index in [-0.39, 0.29) is 12.2 Å². The van der Waals surface area contributed by atoms with Gasteiger partial charge in [-0.3, -0.25) is 4.79 Å². The maximum Gasteiger partial charge on any atom is 0.167 e. The minimum Gasteiger partial charge on any atom is -0.386 e. The fraction of sp³-hybridized carbons (Fsp3) is 0.273. The lowest BCUT2D eigenvalue weighted by Crippen LogP contribution is -2.17. The van der Waals surface area contributed by atoms with Gasteiger partial charge in [0, 0.05) is 0 Å². The summed E-state index contributed by atoms with van der Waals surface area (Å²) in [5, 5.41) is 9.85. The molecule has 1 unspecified atom stereocenters. The number of para-hydroxylation sites is 1. The number of fused-ring (bicyclic) bond motifs is 1. The van der Waals surface area contributed by atoms with Crippen LogP contribution in [0.1, 0.15) is 11.9 Å². The molecule has 3 nitrogen and oxygen atoms in total. The summed E-state index contributed by atoms with van der Waals surface area (Å²) in [4.78, 5) is 15.6. The molecule has 1 atom stereocenters. The zero-order valence-electron chi connectivity index (χ0n) is 8.30. The molecule has 0 aliphatic heterocycles. The third kappa shape index (κ3) is 2.22. The summed E-state index contributed by atoms with van der Waals surface area (Å²) < 4.78 is 1.07. The third-order valence-corrected chi connectivity index (χ3v) is 3.17. The molecule has 2 aromatic rings. The van der Waals surface area contributed by atoms with Crippen LogP contribution in [-0.4, -0.2) is 22.0 Å². The third-order valence-electron chi connectivity index (χ3n) is 2.13. The first-order valence-corrected chi connectivity index (χ1v) is 5.53. The van der Waals surface area contributed by atoms with Crippen LogP contribution in [-0.2, 0) is 11.2 Å². The predicted octanol–water partition coefficient (Wildman–Crippen LogP) is 1.79. The number of carbonyl (C=O) groups excluding carboxylic acids is 1. The summed E-state index contributed by atoms with van der Waals surface area (Å²) in [6.45, 7) is 1.48. The largest absolute Gasteiger partial charge is 0.386 e. The first-order valence-electron chi connectivity index (χ1n) is 4.72. The molecule has 1 aromatic carbocycles. The van der Waals surface area contributed by atoms with Crippen molar-refractivity contribution < 1.29 is 9.90 Å². The van der Waals surface area contributed by atoms with Gasteiger partial charge < -0.3 is 5.11 Å². The van der Waals surface area contributed by atoms with E-state index in [0.717, 1.165) is 15.2 Å². The molecular weight excluding hydrogens is 210 g/mol. The highest BCUT2D eigenvalue weighted by molar-refractivity contribution is 7.18. The van der Waals surface area contributed by atoms with E-state index in [9.17, 15) is 4.79 Å². The Kier molecular flexibility index (Phi) is 2.79. The van der Waals surface area contributed by atoms with E-state index in [4.69, 9.17) is 5.11 Å². The minimum absolute atomic E-state index is 0.186. The molecule has 0 aliphatic carbocycles. The van der Waals surface area contributed by atoms with Crippen LogP contribution in [0.4, 0.5) is 0 Å². The van der Waals surface area contributed by atoms with Gasteiger partial charge in [0.05, 0.1) is 16.6 Å². The molecule has 0 spiro atoms. The molecule has 4 heteroatoms. The number of carbonyl (C=O) groups is 1. The van der Waals surface area contributed by atoms with Gasteiger partial charge in [-0.05, 0) is 19.1 Å². The monoisotopic (exact) mass is 221 g/mol. The number of rotatable bonds is 3. The maximum absolute atomic E-state index is 11.3. The van der Waals surface area contributed by atoms with Crippen molar-refractivity contribution in [3.05, 3.63) is 29.3 Å². The van der Waals surface area contributed by atoms with Gasteiger partial charge in [-0.1, -0.05) is 12.1 Å². The molecule has 78 valence electrons. The lowest BCUT2D eigenvalue weighted by atomic mass is 10.2. The van der Waals surface area contributed by atoms with Crippen molar-refractivity contribution >= 4 is 27.3 Å². The van der Waals surface area contributed by atoms with Gasteiger partial charge in [-0.2, -0.15) is 0 Å². The molecule has 0 fully saturated rings. The van der Waals surface area contributed by atoms with Crippen molar-refractivity contribution in [2.45, 2.75) is 19.4 Å². The number of hydrogen-bond donors (Lipinski definition) is 1. The molecule has 1 N–H and O–H groups in total. The van der Waals surface area contributed by atoms with Gasteiger partial charge in [0.1, 0.15) is 11.1 Å². The van der Waals surface area contributed by atoms with Crippen LogP contribution in [0.25, 0.3) is 10.2 Å². The number of aromatic nitrogens is 1. The average Bonchev–Trinajstić information content (AvgIpc) is 2.59. The van der Waals surface area contributed by atoms with Crippen molar-refractivity contribution in [3.63, 3.8) is 0 Å². The number of aliphatic hydroxyl groups excluding tert-OH is 1. The molecule has 0 aliphatic rings. The average molecular weight is 221 g/mol. The van der Waals surface area contributed by atoms with Crippen molar-refractivity contribution in [2.75, 3.05) is 0 Å². The number of benzene rings is 1. The molecule has 15 heavy (non-hydrogen) atoms. The van der Waals surface area contributed by atoms with Gasteiger partial charge in [-0.15, -0.1) is 11.3 Å². The second kappa shape index (κ2) is 4.08. The predicted molar refractivity (Wildman–Crippen MR) is 60.0 cm³/mol. The number of aliphatic hydroxyl groups is 1. The smallest absolute Gasteiger partial charge is 0.167 e. The van der Waals surface area contributed by atoms with E-state index in [1.807, 2.05) is 24.3 Å². The Bertz CT molecular complexity index is 457. The molecule has 0 radical (unpaired) electrons. The highest BCUT2D eigenvalue weighted by atomic mass is 32.1. The second-order valence-corrected chi connectivity index (χ2v) is 4.51. The van der Waals surface area contributed by atoms with Gasteiger partial charge in [0.15, 0.2) is 5.78 Å². The molecule has 1 aromatic heterocycles. The van der Waals surface area contributed by atoms with Crippen LogP contribution in [0.2, 0.25) is 0 Å². The van der Waals surface area contributed by atoms with E-state index in [2.05, 4.69) is 4.98 Å². The number of nitrogens with zero attached hydrogens (tertiary/aromatic N) is 1. The Balaban J connectivity index is 2.26. The molecule has 2 rings (SSSR count). The van der Waals surface area contributed by atoms with Crippen molar-refractivity contribution in [2.24, 2.45) is 0 Å². The standard InChI is InChI=1S/C11H11NO2S/c1-7(13)9(14)6-11-12-8-4-2-3-5-10(8)15-11/h2-5,7,13H,6H2,1H3. The summed E-state index contributed by atoms with van der Waals surface area (Å²) in [6, 6.07) is 7.76. The van der Waals surface area contributed by atoms with Crippen LogP contribution >= 0.6 is 11.3 Å². The lowest BCUT2D eigenvalue weighted by Gasteiger charge is -1.99. The summed E-state index contributed by atoms with van der Waals surface area (Å²) in [5.41, 5.74) is 0.913. The molecule has 1 heterocycles. The van der Waals surface area contributed by atoms with E-state index in [1.165, 1.54) is 18.3 Å². The number of hydrogen-bond acceptors (Lipinski definition) is 4. The summed E-state index contributed by atoms with van der Waals surface area (Å²) in [6.07, 6.45) is -0.686. The highest BCUT2D eigenvalue weighted by Crippen LogP contribution is 2.22. The van der Waals surface area contributed by atoms with Gasteiger partial charge >= 0.3 is 0 Å². The normalized spacial score (nSPS) is 12.9. The Morgan fingerprint density at radius 1 is 1.53 bits per heavy atom. The Labute approximate surface area is 91.4 Å². The van der Waals surface area contributed by atoms with Gasteiger partial charge in [0.25, 0.3) is 0 Å². The molecule has 0 saturated heterocycles. The second-order valence-electron chi connectivity index (χ2n) is 3.39. The number of thiazole rings is 1. The number of ketones is 1. The van der Waals surface area contributed by atoms with Crippen molar-refractivity contribution in [1.29, 1.82) is 0 Å². The zero-order valence-corrected chi connectivity index (χ0v) is 9.12. The maximum atomic E-state index is 11.3. The van der Waals surface area contributed by atoms with E-state index < -0.39 is 6.10 Å². The Morgan fingerprint density at radius 2 is 2.27 bits per heavy atom. The Morgan fingerprint density at radius 3 is 2.93 bits per heavy atom. The SMILES string of the molecule is CC(O)C(=O)Cc1nc2ccccc2s1. The van der Waals surface area contributed by atoms with Crippen molar-refractivity contribution in [3.8, 4) is 0 Å². The van der Waals surface area contributed by atoms with E-state index in [0.29, 0.717) is 0 Å². The quantitative estimate of drug-likeness (QED) is 0.859. The zero-order chi connectivity index (χ0) is 10.8. The molecular formula is C11H11NO2S. The first kappa shape index (κ1) is 10.3. The van der Waals surface area contributed by atoms with Crippen LogP contribution in [0, 0.1) is 0 Å². The van der Waals surface area contributed by atoms with Crippen LogP contribution in [0.5, 0.6) is 0 Å². The fourth-order valence-corrected chi connectivity index (χ4v) is 2.27. The Hall–Kier alpha value is -1.26. The van der Waals surface area contributed by atoms with Gasteiger partial charge in [0.2, 0.25) is 0 Å². The van der Waals surface area contributed by atoms with Crippen molar-refractivity contribution in [1.82, 2.24) is 4.98 Å². The summed E-state index contributed by atoms with van der Waals surface area (Å²) in [7, 11) is 0. The van der Waals surface area contributed by atoms with E-state index in [1.54, 1.807) is 0 Å². The lowest BCUT2D eigenvalue weighted by molar-refractivity contribution is -0.125. The fourth-order valence-electron chi connectivity index (χ4n) is 1.29. The molecule has 0 amide bonds. The minimum atomic E-state index is -0.906. The van der Waals surface area contributed by atoms with E-state index >= 15 is 0 Å². The summed E-state index contributed by atoms with van der Waals surface area (Å²) in [5.74, 6) is -0.186. The molecule has 0 saturated carbocycles. The van der Waals surface area contributed by atoms with Crippen LogP contribution in [0.3, 0.4) is 0 Å². The first-order chi connectivity index (χ1) is 7.16. The van der Waals surface area contributed by atoms with Gasteiger partial charge in [-0.25, -0.2) is 4.98 Å². The highest BCUT2D eigenvalue weighted by Gasteiger charge is 2.12. The molecule has 0 bridgehead atoms. The number of Topliss-reactive ketones (excluding diaryl/α,β-unsaturated/α-hetero) is 1. The van der Waals surface area contributed by atoms with Crippen LogP contribution in [0.15, 0.2) is 24.3 Å². The summed E-state index contributed by atoms with van der Waals surface area (Å²) >= 11 is 1.50. The topological polar surface area (TPSA) is 50.2 Å². The van der Waals surface area contributed by atoms with Crippen LogP contribution < -0.4 is 0 Å².